The summed E-state index contributed by atoms with van der Waals surface area (Å²) in [6, 6.07) is 13.4. The Balaban J connectivity index is 1.27. The number of nitrogens with zero attached hydrogens (tertiary/aromatic N) is 1. The fourth-order valence-corrected chi connectivity index (χ4v) is 6.02. The molecule has 4 aliphatic carbocycles. The molecule has 160 valence electrons. The number of nitrogens with one attached hydrogen (secondary N) is 1. The third-order valence-electron chi connectivity index (χ3n) is 7.56. The highest BCUT2D eigenvalue weighted by Crippen LogP contribution is 2.65. The summed E-state index contributed by atoms with van der Waals surface area (Å²) < 4.78 is 0. The van der Waals surface area contributed by atoms with E-state index in [2.05, 4.69) is 17.5 Å². The number of amides is 3. The van der Waals surface area contributed by atoms with Crippen LogP contribution < -0.4 is 10.2 Å². The minimum absolute atomic E-state index is 0.0864. The fourth-order valence-electron chi connectivity index (χ4n) is 6.02. The van der Waals surface area contributed by atoms with Gasteiger partial charge in [-0.05, 0) is 67.3 Å². The quantitative estimate of drug-likeness (QED) is 0.459. The van der Waals surface area contributed by atoms with Crippen molar-refractivity contribution in [1.82, 2.24) is 0 Å². The highest BCUT2D eigenvalue weighted by Gasteiger charge is 2.67. The lowest BCUT2D eigenvalue weighted by molar-refractivity contribution is -0.124. The van der Waals surface area contributed by atoms with Crippen LogP contribution in [0.1, 0.15) is 34.1 Å². The summed E-state index contributed by atoms with van der Waals surface area (Å²) in [5.74, 6) is 0.141. The van der Waals surface area contributed by atoms with E-state index in [1.807, 2.05) is 0 Å². The molecule has 1 saturated heterocycles. The Morgan fingerprint density at radius 3 is 2.16 bits per heavy atom. The number of allylic oxidation sites excluding steroid dienone is 2. The van der Waals surface area contributed by atoms with Crippen molar-refractivity contribution in [2.45, 2.75) is 13.3 Å². The highest BCUT2D eigenvalue weighted by atomic mass is 16.2. The molecule has 6 nitrogen and oxygen atoms in total. The van der Waals surface area contributed by atoms with E-state index in [1.54, 1.807) is 48.5 Å². The van der Waals surface area contributed by atoms with Crippen molar-refractivity contribution < 1.29 is 19.2 Å². The van der Waals surface area contributed by atoms with E-state index in [0.29, 0.717) is 34.3 Å². The second-order valence-electron chi connectivity index (χ2n) is 9.31. The van der Waals surface area contributed by atoms with E-state index in [9.17, 15) is 19.2 Å². The molecule has 1 N–H and O–H groups in total. The van der Waals surface area contributed by atoms with Crippen LogP contribution in [0.3, 0.4) is 0 Å². The predicted octanol–water partition coefficient (Wildman–Crippen LogP) is 3.70. The molecule has 1 heterocycles. The average Bonchev–Trinajstić information content (AvgIpc) is 3.57. The van der Waals surface area contributed by atoms with Crippen LogP contribution in [-0.2, 0) is 9.59 Å². The van der Waals surface area contributed by atoms with Gasteiger partial charge in [-0.25, -0.2) is 4.90 Å². The lowest BCUT2D eigenvalue weighted by Crippen LogP contribution is -2.40. The lowest BCUT2D eigenvalue weighted by atomic mass is 9.63. The summed E-state index contributed by atoms with van der Waals surface area (Å²) in [6.45, 7) is 1.47. The largest absolute Gasteiger partial charge is 0.322 e. The van der Waals surface area contributed by atoms with Gasteiger partial charge in [-0.3, -0.25) is 19.2 Å². The number of hydrogen-bond donors (Lipinski definition) is 1. The van der Waals surface area contributed by atoms with E-state index >= 15 is 0 Å². The predicted molar refractivity (Wildman–Crippen MR) is 118 cm³/mol. The van der Waals surface area contributed by atoms with E-state index in [1.165, 1.54) is 11.8 Å². The van der Waals surface area contributed by atoms with Gasteiger partial charge in [-0.15, -0.1) is 0 Å². The van der Waals surface area contributed by atoms with Gasteiger partial charge in [0.1, 0.15) is 0 Å². The molecule has 32 heavy (non-hydrogen) atoms. The van der Waals surface area contributed by atoms with Gasteiger partial charge >= 0.3 is 0 Å². The zero-order chi connectivity index (χ0) is 22.1. The number of anilines is 2. The molecule has 1 aliphatic heterocycles. The van der Waals surface area contributed by atoms with Crippen molar-refractivity contribution in [3.05, 3.63) is 71.8 Å². The number of benzene rings is 2. The standard InChI is InChI=1S/C26H22N2O4/c1-13(29)14-4-2-6-16(10-14)27-24(30)15-5-3-7-17(11-15)28-25(31)22-18-8-9-19(21-12-20(18)21)23(22)26(28)32/h2-11,18-23H,12H2,1H3,(H,27,30)/t18-,19-,20-,21+,22-,23+/m0/s1. The van der Waals surface area contributed by atoms with Gasteiger partial charge in [0.25, 0.3) is 5.91 Å². The third kappa shape index (κ3) is 2.72. The Morgan fingerprint density at radius 1 is 0.875 bits per heavy atom. The maximum atomic E-state index is 13.3. The van der Waals surface area contributed by atoms with Crippen molar-refractivity contribution in [1.29, 1.82) is 0 Å². The molecule has 3 amide bonds. The van der Waals surface area contributed by atoms with E-state index in [0.717, 1.165) is 6.42 Å². The van der Waals surface area contributed by atoms with Crippen LogP contribution in [0.5, 0.6) is 0 Å². The normalized spacial score (nSPS) is 31.3. The van der Waals surface area contributed by atoms with Gasteiger partial charge in [-0.1, -0.05) is 30.4 Å². The summed E-state index contributed by atoms with van der Waals surface area (Å²) in [7, 11) is 0. The lowest BCUT2D eigenvalue weighted by Gasteiger charge is -2.37. The first kappa shape index (κ1) is 19.2. The third-order valence-corrected chi connectivity index (χ3v) is 7.56. The van der Waals surface area contributed by atoms with Gasteiger partial charge in [0, 0.05) is 16.8 Å². The Morgan fingerprint density at radius 2 is 1.50 bits per heavy atom. The topological polar surface area (TPSA) is 83.6 Å². The summed E-state index contributed by atoms with van der Waals surface area (Å²) in [5, 5.41) is 2.79. The Labute approximate surface area is 185 Å². The van der Waals surface area contributed by atoms with Gasteiger partial charge in [-0.2, -0.15) is 0 Å². The highest BCUT2D eigenvalue weighted by molar-refractivity contribution is 6.23. The molecule has 2 bridgehead atoms. The fraction of sp³-hybridized carbons (Fsp3) is 0.308. The van der Waals surface area contributed by atoms with E-state index < -0.39 is 0 Å². The smallest absolute Gasteiger partial charge is 0.255 e. The SMILES string of the molecule is CC(=O)c1cccc(NC(=O)c2cccc(N3C(=O)[C@@H]4[C@H]5C=C[C@@H]([C@@H]6C[C@H]56)[C@@H]4C3=O)c2)c1. The minimum Gasteiger partial charge on any atom is -0.322 e. The molecule has 3 fully saturated rings. The molecule has 2 saturated carbocycles. The summed E-state index contributed by atoms with van der Waals surface area (Å²) in [4.78, 5) is 52.4. The average molecular weight is 426 g/mol. The van der Waals surface area contributed by atoms with Gasteiger partial charge in [0.15, 0.2) is 5.78 Å². The molecular weight excluding hydrogens is 404 g/mol. The van der Waals surface area contributed by atoms with Crippen LogP contribution in [0, 0.1) is 35.5 Å². The summed E-state index contributed by atoms with van der Waals surface area (Å²) in [5.41, 5.74) is 1.80. The van der Waals surface area contributed by atoms with Crippen LogP contribution in [0.15, 0.2) is 60.7 Å². The summed E-state index contributed by atoms with van der Waals surface area (Å²) >= 11 is 0. The first-order valence-electron chi connectivity index (χ1n) is 11.0. The summed E-state index contributed by atoms with van der Waals surface area (Å²) in [6.07, 6.45) is 5.41. The molecule has 0 radical (unpaired) electrons. The number of rotatable bonds is 4. The number of carbonyl (C=O) groups is 4. The Hall–Kier alpha value is -3.54. The van der Waals surface area contributed by atoms with Crippen LogP contribution in [0.25, 0.3) is 0 Å². The minimum atomic E-state index is -0.368. The van der Waals surface area contributed by atoms with Crippen molar-refractivity contribution in [3.63, 3.8) is 0 Å². The Bertz CT molecular complexity index is 1200. The van der Waals surface area contributed by atoms with Crippen molar-refractivity contribution in [2.75, 3.05) is 10.2 Å². The number of Topliss-reactive ketones (excluding diaryl/α,β-unsaturated/α-hetero) is 1. The maximum absolute atomic E-state index is 13.3. The molecular formula is C26H22N2O4. The van der Waals surface area contributed by atoms with E-state index in [4.69, 9.17) is 0 Å². The second-order valence-corrected chi connectivity index (χ2v) is 9.31. The first-order valence-corrected chi connectivity index (χ1v) is 11.0. The van der Waals surface area contributed by atoms with E-state index in [-0.39, 0.29) is 47.2 Å². The van der Waals surface area contributed by atoms with Crippen molar-refractivity contribution in [3.8, 4) is 0 Å². The maximum Gasteiger partial charge on any atom is 0.255 e. The molecule has 5 aliphatic rings. The zero-order valence-electron chi connectivity index (χ0n) is 17.5. The molecule has 0 spiro atoms. The molecule has 6 heteroatoms. The first-order chi connectivity index (χ1) is 15.4. The van der Waals surface area contributed by atoms with Crippen molar-refractivity contribution >= 4 is 34.9 Å². The van der Waals surface area contributed by atoms with Crippen LogP contribution in [0.4, 0.5) is 11.4 Å². The number of carbonyl (C=O) groups excluding carboxylic acids is 4. The molecule has 7 rings (SSSR count). The van der Waals surface area contributed by atoms with Crippen LogP contribution >= 0.6 is 0 Å². The zero-order valence-corrected chi connectivity index (χ0v) is 17.5. The van der Waals surface area contributed by atoms with Gasteiger partial charge in [0.05, 0.1) is 17.5 Å². The molecule has 2 aromatic rings. The van der Waals surface area contributed by atoms with Gasteiger partial charge < -0.3 is 5.32 Å². The van der Waals surface area contributed by atoms with Crippen molar-refractivity contribution in [2.24, 2.45) is 35.5 Å². The van der Waals surface area contributed by atoms with Crippen LogP contribution in [0.2, 0.25) is 0 Å². The molecule has 0 unspecified atom stereocenters. The molecule has 2 aromatic carbocycles. The molecule has 0 aromatic heterocycles. The second kappa shape index (κ2) is 6.73. The number of hydrogen-bond acceptors (Lipinski definition) is 4. The number of imide groups is 1. The monoisotopic (exact) mass is 426 g/mol. The molecule has 6 atom stereocenters. The van der Waals surface area contributed by atoms with Crippen LogP contribution in [-0.4, -0.2) is 23.5 Å². The van der Waals surface area contributed by atoms with Gasteiger partial charge in [0.2, 0.25) is 11.8 Å². The number of ketones is 1. The Kier molecular flexibility index (Phi) is 4.03.